The molecule has 0 spiro atoms. The highest BCUT2D eigenvalue weighted by Crippen LogP contribution is 2.15. The molecule has 1 heterocycles. The Kier molecular flexibility index (Phi) is 3.16. The van der Waals surface area contributed by atoms with Crippen LogP contribution >= 0.6 is 11.6 Å². The first-order valence-electron chi connectivity index (χ1n) is 6.02. The van der Waals surface area contributed by atoms with Gasteiger partial charge in [-0.2, -0.15) is 0 Å². The number of hydrogen-bond donors (Lipinski definition) is 0. The van der Waals surface area contributed by atoms with Crippen LogP contribution in [0.25, 0.3) is 11.0 Å². The van der Waals surface area contributed by atoms with Crippen LogP contribution in [0, 0.1) is 0 Å². The molecule has 0 aliphatic heterocycles. The minimum atomic E-state index is -0.673. The van der Waals surface area contributed by atoms with Crippen LogP contribution in [0.1, 0.15) is 5.56 Å². The first-order chi connectivity index (χ1) is 9.65. The summed E-state index contributed by atoms with van der Waals surface area (Å²) in [5.74, 6) is -0.673. The van der Waals surface area contributed by atoms with Gasteiger partial charge in [-0.15, -0.1) is 0 Å². The van der Waals surface area contributed by atoms with Crippen molar-refractivity contribution in [3.8, 4) is 0 Å². The molecule has 2 aromatic carbocycles. The van der Waals surface area contributed by atoms with Gasteiger partial charge < -0.3 is 4.42 Å². The molecule has 3 rings (SSSR count). The van der Waals surface area contributed by atoms with Crippen molar-refractivity contribution in [2.24, 2.45) is 0 Å². The minimum absolute atomic E-state index is 0.171. The molecule has 0 amide bonds. The second-order valence-corrected chi connectivity index (χ2v) is 4.82. The third-order valence-electron chi connectivity index (χ3n) is 3.02. The lowest BCUT2D eigenvalue weighted by atomic mass is 10.2. The zero-order chi connectivity index (χ0) is 14.1. The van der Waals surface area contributed by atoms with E-state index in [9.17, 15) is 9.59 Å². The summed E-state index contributed by atoms with van der Waals surface area (Å²) in [6, 6.07) is 13.8. The van der Waals surface area contributed by atoms with E-state index < -0.39 is 11.3 Å². The summed E-state index contributed by atoms with van der Waals surface area (Å²) in [5, 5.41) is 0.725. The molecule has 0 fully saturated rings. The van der Waals surface area contributed by atoms with Gasteiger partial charge in [0.05, 0.1) is 11.9 Å². The summed E-state index contributed by atoms with van der Waals surface area (Å²) in [7, 11) is 0. The molecule has 0 unspecified atom stereocenters. The van der Waals surface area contributed by atoms with Crippen molar-refractivity contribution in [1.82, 2.24) is 4.57 Å². The molecule has 0 N–H and O–H groups in total. The van der Waals surface area contributed by atoms with E-state index in [0.717, 1.165) is 10.1 Å². The first-order valence-corrected chi connectivity index (χ1v) is 6.40. The summed E-state index contributed by atoms with van der Waals surface area (Å²) in [6.45, 7) is 0.171. The summed E-state index contributed by atoms with van der Waals surface area (Å²) in [6.07, 6.45) is 0. The number of rotatable bonds is 2. The molecule has 100 valence electrons. The van der Waals surface area contributed by atoms with Crippen LogP contribution in [0.15, 0.2) is 62.5 Å². The Morgan fingerprint density at radius 2 is 1.80 bits per heavy atom. The smallest absolute Gasteiger partial charge is 0.409 e. The topological polar surface area (TPSA) is 52.2 Å². The summed E-state index contributed by atoms with van der Waals surface area (Å²) >= 11 is 5.88. The molecule has 0 atom stereocenters. The zero-order valence-corrected chi connectivity index (χ0v) is 11.1. The predicted molar refractivity (Wildman–Crippen MR) is 77.3 cm³/mol. The maximum absolute atomic E-state index is 12.4. The molecular formula is C15H10ClNO3. The van der Waals surface area contributed by atoms with Crippen molar-refractivity contribution < 1.29 is 4.42 Å². The van der Waals surface area contributed by atoms with Crippen LogP contribution in [0.4, 0.5) is 0 Å². The molecule has 0 aliphatic carbocycles. The molecule has 0 saturated carbocycles. The van der Waals surface area contributed by atoms with Gasteiger partial charge in [0.15, 0.2) is 0 Å². The SMILES string of the molecule is O=c1oc2ccc(Cl)cc2c(=O)n1Cc1ccccc1. The maximum Gasteiger partial charge on any atom is 0.422 e. The Balaban J connectivity index is 2.21. The number of benzene rings is 2. The molecule has 0 bridgehead atoms. The van der Waals surface area contributed by atoms with Crippen LogP contribution in [0.2, 0.25) is 5.02 Å². The van der Waals surface area contributed by atoms with Crippen LogP contribution in [-0.4, -0.2) is 4.57 Å². The van der Waals surface area contributed by atoms with E-state index in [1.54, 1.807) is 6.07 Å². The lowest BCUT2D eigenvalue weighted by molar-refractivity contribution is 0.471. The van der Waals surface area contributed by atoms with Crippen LogP contribution < -0.4 is 11.3 Å². The summed E-state index contributed by atoms with van der Waals surface area (Å²) < 4.78 is 6.21. The van der Waals surface area contributed by atoms with Gasteiger partial charge in [-0.05, 0) is 23.8 Å². The second kappa shape index (κ2) is 4.98. The molecule has 0 radical (unpaired) electrons. The zero-order valence-electron chi connectivity index (χ0n) is 10.4. The molecule has 1 aromatic heterocycles. The van der Waals surface area contributed by atoms with Crippen molar-refractivity contribution >= 4 is 22.6 Å². The fourth-order valence-electron chi connectivity index (χ4n) is 2.04. The Bertz CT molecular complexity index is 881. The van der Waals surface area contributed by atoms with Crippen molar-refractivity contribution in [3.63, 3.8) is 0 Å². The van der Waals surface area contributed by atoms with Crippen LogP contribution in [0.3, 0.4) is 0 Å². The lowest BCUT2D eigenvalue weighted by Crippen LogP contribution is -2.32. The fraction of sp³-hybridized carbons (Fsp3) is 0.0667. The highest BCUT2D eigenvalue weighted by atomic mass is 35.5. The van der Waals surface area contributed by atoms with Gasteiger partial charge in [0.1, 0.15) is 5.58 Å². The van der Waals surface area contributed by atoms with Gasteiger partial charge in [0, 0.05) is 5.02 Å². The Hall–Kier alpha value is -2.33. The highest BCUT2D eigenvalue weighted by Gasteiger charge is 2.10. The Morgan fingerprint density at radius 1 is 1.05 bits per heavy atom. The molecule has 0 aliphatic rings. The third kappa shape index (κ3) is 2.26. The Labute approximate surface area is 118 Å². The molecule has 20 heavy (non-hydrogen) atoms. The van der Waals surface area contributed by atoms with E-state index in [0.29, 0.717) is 10.4 Å². The summed E-state index contributed by atoms with van der Waals surface area (Å²) in [4.78, 5) is 24.3. The van der Waals surface area contributed by atoms with Crippen LogP contribution in [0.5, 0.6) is 0 Å². The van der Waals surface area contributed by atoms with E-state index in [1.165, 1.54) is 12.1 Å². The van der Waals surface area contributed by atoms with Gasteiger partial charge in [-0.1, -0.05) is 41.9 Å². The van der Waals surface area contributed by atoms with Gasteiger partial charge in [0.25, 0.3) is 5.56 Å². The van der Waals surface area contributed by atoms with E-state index >= 15 is 0 Å². The number of aromatic nitrogens is 1. The van der Waals surface area contributed by atoms with Gasteiger partial charge in [0.2, 0.25) is 0 Å². The van der Waals surface area contributed by atoms with Crippen molar-refractivity contribution in [1.29, 1.82) is 0 Å². The largest absolute Gasteiger partial charge is 0.422 e. The molecule has 0 saturated heterocycles. The third-order valence-corrected chi connectivity index (χ3v) is 3.25. The summed E-state index contributed by atoms with van der Waals surface area (Å²) in [5.41, 5.74) is 0.694. The second-order valence-electron chi connectivity index (χ2n) is 4.39. The fourth-order valence-corrected chi connectivity index (χ4v) is 2.21. The van der Waals surface area contributed by atoms with Crippen molar-refractivity contribution in [3.05, 3.63) is 80.0 Å². The van der Waals surface area contributed by atoms with E-state index in [2.05, 4.69) is 0 Å². The number of nitrogens with zero attached hydrogens (tertiary/aromatic N) is 1. The van der Waals surface area contributed by atoms with Crippen molar-refractivity contribution in [2.45, 2.75) is 6.54 Å². The van der Waals surface area contributed by atoms with E-state index in [-0.39, 0.29) is 12.1 Å². The van der Waals surface area contributed by atoms with Crippen LogP contribution in [-0.2, 0) is 6.54 Å². The highest BCUT2D eigenvalue weighted by molar-refractivity contribution is 6.31. The number of hydrogen-bond acceptors (Lipinski definition) is 3. The molecular weight excluding hydrogens is 278 g/mol. The minimum Gasteiger partial charge on any atom is -0.409 e. The standard InChI is InChI=1S/C15H10ClNO3/c16-11-6-7-13-12(8-11)14(18)17(15(19)20-13)9-10-4-2-1-3-5-10/h1-8H,9H2. The molecule has 3 aromatic rings. The number of halogens is 1. The van der Waals surface area contributed by atoms with E-state index in [1.807, 2.05) is 30.3 Å². The molecule has 4 nitrogen and oxygen atoms in total. The van der Waals surface area contributed by atoms with E-state index in [4.69, 9.17) is 16.0 Å². The Morgan fingerprint density at radius 3 is 2.55 bits per heavy atom. The average molecular weight is 288 g/mol. The monoisotopic (exact) mass is 287 g/mol. The van der Waals surface area contributed by atoms with Gasteiger partial charge in [-0.25, -0.2) is 9.36 Å². The maximum atomic E-state index is 12.4. The average Bonchev–Trinajstić information content (AvgIpc) is 2.46. The lowest BCUT2D eigenvalue weighted by Gasteiger charge is -2.05. The van der Waals surface area contributed by atoms with Crippen molar-refractivity contribution in [2.75, 3.05) is 0 Å². The normalized spacial score (nSPS) is 10.8. The predicted octanol–water partition coefficient (Wildman–Crippen LogP) is 2.66. The van der Waals surface area contributed by atoms with Gasteiger partial charge >= 0.3 is 5.76 Å². The quantitative estimate of drug-likeness (QED) is 0.728. The van der Waals surface area contributed by atoms with Gasteiger partial charge in [-0.3, -0.25) is 4.79 Å². The first kappa shape index (κ1) is 12.7. The molecule has 5 heteroatoms. The number of fused-ring (bicyclic) bond motifs is 1.